The second kappa shape index (κ2) is 7.64. The fraction of sp³-hybridized carbons (Fsp3) is 0.533. The number of nitrogens with zero attached hydrogens (tertiary/aromatic N) is 1. The maximum absolute atomic E-state index is 12.0. The number of nitrogens with one attached hydrogen (secondary N) is 1. The van der Waals surface area contributed by atoms with E-state index in [0.717, 1.165) is 12.8 Å². The van der Waals surface area contributed by atoms with E-state index in [-0.39, 0.29) is 12.5 Å². The number of halogens is 1. The molecule has 0 bridgehead atoms. The molecule has 21 heavy (non-hydrogen) atoms. The second-order valence-corrected chi connectivity index (χ2v) is 5.79. The molecule has 0 aromatic heterocycles. The number of amides is 1. The molecular weight excluding hydrogens is 290 g/mol. The Labute approximate surface area is 130 Å². The van der Waals surface area contributed by atoms with Crippen LogP contribution in [0.3, 0.4) is 0 Å². The first-order chi connectivity index (χ1) is 10.1. The largest absolute Gasteiger partial charge is 0.397 e. The number of carbonyl (C=O) groups excluding carboxylic acids is 1. The topological polar surface area (TPSA) is 78.6 Å². The van der Waals surface area contributed by atoms with E-state index >= 15 is 0 Å². The number of carbonyl (C=O) groups is 1. The van der Waals surface area contributed by atoms with Crippen LogP contribution in [-0.2, 0) is 4.79 Å². The molecule has 1 saturated carbocycles. The summed E-state index contributed by atoms with van der Waals surface area (Å²) < 4.78 is 0. The molecule has 0 atom stereocenters. The van der Waals surface area contributed by atoms with Crippen LogP contribution in [0.1, 0.15) is 25.7 Å². The van der Waals surface area contributed by atoms with Gasteiger partial charge in [-0.3, -0.25) is 9.69 Å². The van der Waals surface area contributed by atoms with E-state index in [2.05, 4.69) is 10.2 Å². The van der Waals surface area contributed by atoms with Crippen LogP contribution in [0, 0.1) is 0 Å². The molecule has 1 amide bonds. The number of nitrogens with two attached hydrogens (primary N) is 1. The summed E-state index contributed by atoms with van der Waals surface area (Å²) in [4.78, 5) is 14.2. The van der Waals surface area contributed by atoms with E-state index < -0.39 is 0 Å². The summed E-state index contributed by atoms with van der Waals surface area (Å²) in [5.74, 6) is -0.0565. The third-order valence-electron chi connectivity index (χ3n) is 3.88. The number of hydrogen-bond donors (Lipinski definition) is 3. The van der Waals surface area contributed by atoms with E-state index in [0.29, 0.717) is 41.9 Å². The highest BCUT2D eigenvalue weighted by Crippen LogP contribution is 2.25. The smallest absolute Gasteiger partial charge is 0.225 e. The molecule has 0 unspecified atom stereocenters. The van der Waals surface area contributed by atoms with Crippen LogP contribution in [0.4, 0.5) is 11.4 Å². The molecule has 0 radical (unpaired) electrons. The third kappa shape index (κ3) is 4.59. The van der Waals surface area contributed by atoms with Gasteiger partial charge in [0.2, 0.25) is 5.91 Å². The average Bonchev–Trinajstić information content (AvgIpc) is 2.38. The minimum Gasteiger partial charge on any atom is -0.397 e. The van der Waals surface area contributed by atoms with Crippen LogP contribution in [-0.4, -0.2) is 41.7 Å². The van der Waals surface area contributed by atoms with Crippen molar-refractivity contribution in [1.82, 2.24) is 4.90 Å². The monoisotopic (exact) mass is 311 g/mol. The van der Waals surface area contributed by atoms with Gasteiger partial charge in [0, 0.05) is 31.2 Å². The molecule has 2 rings (SSSR count). The van der Waals surface area contributed by atoms with Crippen LogP contribution in [0.5, 0.6) is 0 Å². The summed E-state index contributed by atoms with van der Waals surface area (Å²) >= 11 is 5.84. The number of nitrogen functional groups attached to an aromatic ring is 1. The van der Waals surface area contributed by atoms with Gasteiger partial charge in [0.1, 0.15) is 0 Å². The van der Waals surface area contributed by atoms with Gasteiger partial charge in [0.05, 0.1) is 17.3 Å². The Kier molecular flexibility index (Phi) is 5.85. The molecule has 1 aromatic carbocycles. The minimum atomic E-state index is -0.0565. The Morgan fingerprint density at radius 2 is 2.19 bits per heavy atom. The number of rotatable bonds is 7. The summed E-state index contributed by atoms with van der Waals surface area (Å²) in [5, 5.41) is 12.4. The summed E-state index contributed by atoms with van der Waals surface area (Å²) in [7, 11) is 0. The lowest BCUT2D eigenvalue weighted by Gasteiger charge is -2.37. The first-order valence-electron chi connectivity index (χ1n) is 7.30. The van der Waals surface area contributed by atoms with Crippen LogP contribution in [0.15, 0.2) is 18.2 Å². The van der Waals surface area contributed by atoms with Crippen molar-refractivity contribution in [2.24, 2.45) is 0 Å². The van der Waals surface area contributed by atoms with Gasteiger partial charge >= 0.3 is 0 Å². The van der Waals surface area contributed by atoms with Crippen molar-refractivity contribution in [1.29, 1.82) is 0 Å². The molecule has 1 aromatic rings. The SMILES string of the molecule is Nc1cc(NC(=O)CCN(CCO)C2CCC2)ccc1Cl. The fourth-order valence-corrected chi connectivity index (χ4v) is 2.56. The molecule has 6 heteroatoms. The highest BCUT2D eigenvalue weighted by atomic mass is 35.5. The first kappa shape index (κ1) is 16.1. The lowest BCUT2D eigenvalue weighted by Crippen LogP contribution is -2.43. The highest BCUT2D eigenvalue weighted by molar-refractivity contribution is 6.33. The van der Waals surface area contributed by atoms with Gasteiger partial charge in [-0.2, -0.15) is 0 Å². The molecule has 1 fully saturated rings. The summed E-state index contributed by atoms with van der Waals surface area (Å²) in [6, 6.07) is 5.57. The minimum absolute atomic E-state index is 0.0565. The van der Waals surface area contributed by atoms with Crippen molar-refractivity contribution < 1.29 is 9.90 Å². The number of aliphatic hydroxyl groups excluding tert-OH is 1. The Hall–Kier alpha value is -1.30. The van der Waals surface area contributed by atoms with Gasteiger partial charge in [-0.05, 0) is 31.0 Å². The number of anilines is 2. The van der Waals surface area contributed by atoms with Gasteiger partial charge in [-0.15, -0.1) is 0 Å². The standard InChI is InChI=1S/C15H22ClN3O2/c16-13-5-4-11(10-14(13)17)18-15(21)6-7-19(8-9-20)12-2-1-3-12/h4-5,10,12,20H,1-3,6-9,17H2,(H,18,21). The molecule has 0 saturated heterocycles. The van der Waals surface area contributed by atoms with Crippen molar-refractivity contribution in [2.75, 3.05) is 30.7 Å². The molecule has 1 aliphatic rings. The van der Waals surface area contributed by atoms with E-state index in [1.807, 2.05) is 0 Å². The molecule has 4 N–H and O–H groups in total. The predicted octanol–water partition coefficient (Wildman–Crippen LogP) is 2.10. The zero-order valence-electron chi connectivity index (χ0n) is 12.0. The zero-order valence-corrected chi connectivity index (χ0v) is 12.8. The Bertz CT molecular complexity index is 492. The average molecular weight is 312 g/mol. The van der Waals surface area contributed by atoms with Crippen LogP contribution >= 0.6 is 11.6 Å². The van der Waals surface area contributed by atoms with E-state index in [1.165, 1.54) is 6.42 Å². The van der Waals surface area contributed by atoms with Gasteiger partial charge < -0.3 is 16.2 Å². The molecule has 0 heterocycles. The van der Waals surface area contributed by atoms with Crippen molar-refractivity contribution in [3.63, 3.8) is 0 Å². The van der Waals surface area contributed by atoms with Crippen LogP contribution < -0.4 is 11.1 Å². The lowest BCUT2D eigenvalue weighted by atomic mass is 9.91. The van der Waals surface area contributed by atoms with Gasteiger partial charge in [0.25, 0.3) is 0 Å². The normalized spacial score (nSPS) is 15.0. The molecule has 0 spiro atoms. The van der Waals surface area contributed by atoms with Crippen LogP contribution in [0.2, 0.25) is 5.02 Å². The maximum atomic E-state index is 12.0. The van der Waals surface area contributed by atoms with E-state index in [1.54, 1.807) is 18.2 Å². The predicted molar refractivity (Wildman–Crippen MR) is 85.4 cm³/mol. The summed E-state index contributed by atoms with van der Waals surface area (Å²) in [5.41, 5.74) is 6.81. The van der Waals surface area contributed by atoms with E-state index in [9.17, 15) is 4.79 Å². The Morgan fingerprint density at radius 3 is 2.76 bits per heavy atom. The van der Waals surface area contributed by atoms with Crippen LogP contribution in [0.25, 0.3) is 0 Å². The van der Waals surface area contributed by atoms with Crippen molar-refractivity contribution in [2.45, 2.75) is 31.7 Å². The number of aliphatic hydroxyl groups is 1. The van der Waals surface area contributed by atoms with Crippen molar-refractivity contribution >= 4 is 28.9 Å². The second-order valence-electron chi connectivity index (χ2n) is 5.38. The molecular formula is C15H22ClN3O2. The highest BCUT2D eigenvalue weighted by Gasteiger charge is 2.24. The maximum Gasteiger partial charge on any atom is 0.225 e. The Balaban J connectivity index is 1.81. The molecule has 1 aliphatic carbocycles. The van der Waals surface area contributed by atoms with Crippen molar-refractivity contribution in [3.8, 4) is 0 Å². The van der Waals surface area contributed by atoms with Gasteiger partial charge in [0.15, 0.2) is 0 Å². The van der Waals surface area contributed by atoms with Gasteiger partial charge in [-0.25, -0.2) is 0 Å². The number of benzene rings is 1. The van der Waals surface area contributed by atoms with E-state index in [4.69, 9.17) is 22.4 Å². The van der Waals surface area contributed by atoms with Gasteiger partial charge in [-0.1, -0.05) is 18.0 Å². The summed E-state index contributed by atoms with van der Waals surface area (Å²) in [6.45, 7) is 1.43. The first-order valence-corrected chi connectivity index (χ1v) is 7.67. The number of hydrogen-bond acceptors (Lipinski definition) is 4. The molecule has 0 aliphatic heterocycles. The molecule has 5 nitrogen and oxygen atoms in total. The summed E-state index contributed by atoms with van der Waals surface area (Å²) in [6.07, 6.45) is 3.96. The Morgan fingerprint density at radius 1 is 1.43 bits per heavy atom. The third-order valence-corrected chi connectivity index (χ3v) is 4.23. The molecule has 116 valence electrons. The van der Waals surface area contributed by atoms with Crippen molar-refractivity contribution in [3.05, 3.63) is 23.2 Å². The lowest BCUT2D eigenvalue weighted by molar-refractivity contribution is -0.116. The fourth-order valence-electron chi connectivity index (χ4n) is 2.45. The quantitative estimate of drug-likeness (QED) is 0.674. The zero-order chi connectivity index (χ0) is 15.2.